The molecule has 1 aromatic carbocycles. The molecule has 1 fully saturated rings. The average molecular weight is 361 g/mol. The molecule has 2 heterocycles. The van der Waals surface area contributed by atoms with Crippen LogP contribution >= 0.6 is 11.3 Å². The molecule has 1 unspecified atom stereocenters. The Balaban J connectivity index is 1.48. The second kappa shape index (κ2) is 8.13. The lowest BCUT2D eigenvalue weighted by Gasteiger charge is -2.11. The summed E-state index contributed by atoms with van der Waals surface area (Å²) in [5, 5.41) is 11.7. The Morgan fingerprint density at radius 3 is 2.68 bits per heavy atom. The standard InChI is InChI=1S/C18H19NO5S/c20-17(19-10-15-7-8-16(25-15)18(21)22)12-3-5-13(6-4-12)24-11-14-2-1-9-23-14/h3-8,14H,1-2,9-11H2,(H,19,20)(H,21,22). The van der Waals surface area contributed by atoms with Crippen molar-refractivity contribution in [2.45, 2.75) is 25.5 Å². The lowest BCUT2D eigenvalue weighted by atomic mass is 10.2. The fraction of sp³-hybridized carbons (Fsp3) is 0.333. The predicted molar refractivity (Wildman–Crippen MR) is 93.4 cm³/mol. The van der Waals surface area contributed by atoms with Crippen molar-refractivity contribution in [3.63, 3.8) is 0 Å². The molecule has 7 heteroatoms. The van der Waals surface area contributed by atoms with Gasteiger partial charge in [-0.25, -0.2) is 4.79 Å². The van der Waals surface area contributed by atoms with Crippen LogP contribution in [0.4, 0.5) is 0 Å². The molecule has 2 N–H and O–H groups in total. The van der Waals surface area contributed by atoms with E-state index in [1.165, 1.54) is 6.07 Å². The summed E-state index contributed by atoms with van der Waals surface area (Å²) in [5.74, 6) is -0.464. The van der Waals surface area contributed by atoms with Crippen molar-refractivity contribution >= 4 is 23.2 Å². The molecule has 1 aromatic heterocycles. The van der Waals surface area contributed by atoms with E-state index in [0.29, 0.717) is 24.5 Å². The molecule has 1 saturated heterocycles. The normalized spacial score (nSPS) is 16.6. The SMILES string of the molecule is O=C(NCc1ccc(C(=O)O)s1)c1ccc(OCC2CCCO2)cc1. The van der Waals surface area contributed by atoms with E-state index in [2.05, 4.69) is 5.32 Å². The van der Waals surface area contributed by atoms with Gasteiger partial charge >= 0.3 is 5.97 Å². The summed E-state index contributed by atoms with van der Waals surface area (Å²) in [6.45, 7) is 1.62. The van der Waals surface area contributed by atoms with Gasteiger partial charge in [0.15, 0.2) is 0 Å². The number of carbonyl (C=O) groups excluding carboxylic acids is 1. The van der Waals surface area contributed by atoms with Crippen molar-refractivity contribution in [1.29, 1.82) is 0 Å². The Bertz CT molecular complexity index is 734. The van der Waals surface area contributed by atoms with Crippen LogP contribution in [-0.2, 0) is 11.3 Å². The molecule has 1 atom stereocenters. The second-order valence-corrected chi connectivity index (χ2v) is 6.89. The van der Waals surface area contributed by atoms with Crippen LogP contribution < -0.4 is 10.1 Å². The Labute approximate surface area is 149 Å². The van der Waals surface area contributed by atoms with Crippen LogP contribution in [0.25, 0.3) is 0 Å². The molecule has 6 nitrogen and oxygen atoms in total. The minimum Gasteiger partial charge on any atom is -0.491 e. The summed E-state index contributed by atoms with van der Waals surface area (Å²) in [5.41, 5.74) is 0.527. The number of carboxylic acids is 1. The third kappa shape index (κ3) is 4.80. The number of thiophene rings is 1. The fourth-order valence-electron chi connectivity index (χ4n) is 2.52. The Morgan fingerprint density at radius 1 is 1.24 bits per heavy atom. The molecule has 0 radical (unpaired) electrons. The molecule has 1 aliphatic heterocycles. The molecule has 1 aliphatic rings. The van der Waals surface area contributed by atoms with Crippen molar-refractivity contribution in [2.24, 2.45) is 0 Å². The van der Waals surface area contributed by atoms with Gasteiger partial charge in [0, 0.05) is 17.0 Å². The first kappa shape index (κ1) is 17.4. The van der Waals surface area contributed by atoms with Crippen molar-refractivity contribution in [1.82, 2.24) is 5.32 Å². The molecule has 2 aromatic rings. The molecule has 132 valence electrons. The average Bonchev–Trinajstić information content (AvgIpc) is 3.30. The van der Waals surface area contributed by atoms with Gasteiger partial charge in [-0.15, -0.1) is 11.3 Å². The summed E-state index contributed by atoms with van der Waals surface area (Å²) >= 11 is 1.15. The minimum atomic E-state index is -0.957. The van der Waals surface area contributed by atoms with Gasteiger partial charge in [-0.1, -0.05) is 0 Å². The quantitative estimate of drug-likeness (QED) is 0.792. The first-order valence-corrected chi connectivity index (χ1v) is 8.88. The summed E-state index contributed by atoms with van der Waals surface area (Å²) in [6.07, 6.45) is 2.25. The van der Waals surface area contributed by atoms with E-state index in [4.69, 9.17) is 14.6 Å². The maximum atomic E-state index is 12.2. The molecular weight excluding hydrogens is 342 g/mol. The summed E-state index contributed by atoms with van der Waals surface area (Å²) in [7, 11) is 0. The van der Waals surface area contributed by atoms with Crippen LogP contribution in [0, 0.1) is 0 Å². The van der Waals surface area contributed by atoms with E-state index in [1.807, 2.05) is 0 Å². The maximum Gasteiger partial charge on any atom is 0.345 e. The van der Waals surface area contributed by atoms with Crippen molar-refractivity contribution in [3.05, 3.63) is 51.7 Å². The van der Waals surface area contributed by atoms with Crippen molar-refractivity contribution in [2.75, 3.05) is 13.2 Å². The number of carboxylic acid groups (broad SMARTS) is 1. The zero-order valence-corrected chi connectivity index (χ0v) is 14.4. The van der Waals surface area contributed by atoms with E-state index < -0.39 is 5.97 Å². The summed E-state index contributed by atoms with van der Waals surface area (Å²) < 4.78 is 11.2. The highest BCUT2D eigenvalue weighted by atomic mass is 32.1. The van der Waals surface area contributed by atoms with E-state index in [0.717, 1.165) is 35.7 Å². The minimum absolute atomic E-state index is 0.157. The van der Waals surface area contributed by atoms with Crippen LogP contribution in [0.15, 0.2) is 36.4 Å². The van der Waals surface area contributed by atoms with Gasteiger partial charge < -0.3 is 19.9 Å². The molecule has 0 aliphatic carbocycles. The van der Waals surface area contributed by atoms with Crippen molar-refractivity contribution in [3.8, 4) is 5.75 Å². The zero-order chi connectivity index (χ0) is 17.6. The third-order valence-electron chi connectivity index (χ3n) is 3.87. The Morgan fingerprint density at radius 2 is 2.04 bits per heavy atom. The monoisotopic (exact) mass is 361 g/mol. The zero-order valence-electron chi connectivity index (χ0n) is 13.6. The molecule has 25 heavy (non-hydrogen) atoms. The number of carbonyl (C=O) groups is 2. The second-order valence-electron chi connectivity index (χ2n) is 5.72. The van der Waals surface area contributed by atoms with Gasteiger partial charge in [0.1, 0.15) is 17.2 Å². The van der Waals surface area contributed by atoms with Gasteiger partial charge in [-0.2, -0.15) is 0 Å². The van der Waals surface area contributed by atoms with Crippen LogP contribution in [0.2, 0.25) is 0 Å². The van der Waals surface area contributed by atoms with Crippen LogP contribution in [0.1, 0.15) is 37.7 Å². The molecular formula is C18H19NO5S. The number of amides is 1. The molecule has 0 spiro atoms. The summed E-state index contributed by atoms with van der Waals surface area (Å²) in [4.78, 5) is 24.1. The number of rotatable bonds is 7. The van der Waals surface area contributed by atoms with Gasteiger partial charge in [0.05, 0.1) is 12.6 Å². The highest BCUT2D eigenvalue weighted by Gasteiger charge is 2.16. The third-order valence-corrected chi connectivity index (χ3v) is 4.95. The first-order valence-electron chi connectivity index (χ1n) is 8.06. The molecule has 1 amide bonds. The van der Waals surface area contributed by atoms with E-state index >= 15 is 0 Å². The number of ether oxygens (including phenoxy) is 2. The highest BCUT2D eigenvalue weighted by molar-refractivity contribution is 7.13. The topological polar surface area (TPSA) is 84.9 Å². The Hall–Kier alpha value is -2.38. The van der Waals surface area contributed by atoms with Gasteiger partial charge in [0.2, 0.25) is 0 Å². The lowest BCUT2D eigenvalue weighted by molar-refractivity contribution is 0.0679. The van der Waals surface area contributed by atoms with Crippen molar-refractivity contribution < 1.29 is 24.2 Å². The highest BCUT2D eigenvalue weighted by Crippen LogP contribution is 2.18. The van der Waals surface area contributed by atoms with Gasteiger partial charge in [-0.05, 0) is 49.2 Å². The number of hydrogen-bond donors (Lipinski definition) is 2. The van der Waals surface area contributed by atoms with Crippen LogP contribution in [-0.4, -0.2) is 36.3 Å². The lowest BCUT2D eigenvalue weighted by Crippen LogP contribution is -2.22. The maximum absolute atomic E-state index is 12.2. The van der Waals surface area contributed by atoms with Crippen LogP contribution in [0.5, 0.6) is 5.75 Å². The molecule has 3 rings (SSSR count). The smallest absolute Gasteiger partial charge is 0.345 e. The predicted octanol–water partition coefficient (Wildman–Crippen LogP) is 2.93. The van der Waals surface area contributed by atoms with E-state index in [9.17, 15) is 9.59 Å². The van der Waals surface area contributed by atoms with Gasteiger partial charge in [-0.3, -0.25) is 4.79 Å². The largest absolute Gasteiger partial charge is 0.491 e. The molecule has 0 bridgehead atoms. The summed E-state index contributed by atoms with van der Waals surface area (Å²) in [6, 6.07) is 10.2. The fourth-order valence-corrected chi connectivity index (χ4v) is 3.31. The van der Waals surface area contributed by atoms with Gasteiger partial charge in [0.25, 0.3) is 5.91 Å². The van der Waals surface area contributed by atoms with E-state index in [-0.39, 0.29) is 16.9 Å². The number of hydrogen-bond acceptors (Lipinski definition) is 5. The first-order chi connectivity index (χ1) is 12.1. The number of nitrogens with one attached hydrogen (secondary N) is 1. The number of benzene rings is 1. The Kier molecular flexibility index (Phi) is 5.67. The van der Waals surface area contributed by atoms with Crippen LogP contribution in [0.3, 0.4) is 0 Å². The molecule has 0 saturated carbocycles. The number of aromatic carboxylic acids is 1. The van der Waals surface area contributed by atoms with E-state index in [1.54, 1.807) is 30.3 Å².